The maximum Gasteiger partial charge on any atom is 0.247 e. The van der Waals surface area contributed by atoms with Gasteiger partial charge in [0.15, 0.2) is 0 Å². The van der Waals surface area contributed by atoms with Crippen molar-refractivity contribution in [2.45, 2.75) is 11.7 Å². The quantitative estimate of drug-likeness (QED) is 0.856. The van der Waals surface area contributed by atoms with E-state index < -0.39 is 5.25 Å². The molecule has 4 nitrogen and oxygen atoms in total. The normalized spacial score (nSPS) is 19.7. The van der Waals surface area contributed by atoms with Crippen LogP contribution in [-0.2, 0) is 9.59 Å². The van der Waals surface area contributed by atoms with Gasteiger partial charge >= 0.3 is 0 Å². The van der Waals surface area contributed by atoms with Gasteiger partial charge in [0.2, 0.25) is 11.8 Å². The maximum atomic E-state index is 12.1. The van der Waals surface area contributed by atoms with Crippen molar-refractivity contribution < 1.29 is 14.7 Å². The molecule has 6 heteroatoms. The highest BCUT2D eigenvalue weighted by atomic mass is 35.5. The van der Waals surface area contributed by atoms with E-state index in [0.29, 0.717) is 16.5 Å². The minimum Gasteiger partial charge on any atom is -0.396 e. The molecule has 1 atom stereocenters. The number of aliphatic hydroxyl groups excluding tert-OH is 1. The second-order valence-electron chi connectivity index (χ2n) is 3.81. The summed E-state index contributed by atoms with van der Waals surface area (Å²) in [6, 6.07) is 6.77. The molecule has 1 aliphatic heterocycles. The maximum absolute atomic E-state index is 12.1. The van der Waals surface area contributed by atoms with Gasteiger partial charge in [-0.05, 0) is 12.1 Å². The largest absolute Gasteiger partial charge is 0.396 e. The lowest BCUT2D eigenvalue weighted by Crippen LogP contribution is -2.31. The van der Waals surface area contributed by atoms with Gasteiger partial charge in [-0.1, -0.05) is 23.7 Å². The van der Waals surface area contributed by atoms with Gasteiger partial charge in [-0.2, -0.15) is 0 Å². The molecule has 1 saturated heterocycles. The highest BCUT2D eigenvalue weighted by Gasteiger charge is 2.40. The number of imide groups is 1. The third kappa shape index (κ3) is 2.53. The Morgan fingerprint density at radius 3 is 2.78 bits per heavy atom. The molecule has 1 aliphatic rings. The van der Waals surface area contributed by atoms with E-state index in [9.17, 15) is 9.59 Å². The summed E-state index contributed by atoms with van der Waals surface area (Å²) in [5, 5.41) is 8.72. The third-order valence-corrected chi connectivity index (χ3v) is 4.12. The zero-order valence-corrected chi connectivity index (χ0v) is 11.1. The van der Waals surface area contributed by atoms with Gasteiger partial charge in [0, 0.05) is 12.2 Å². The summed E-state index contributed by atoms with van der Waals surface area (Å²) < 4.78 is 0. The molecule has 1 aromatic carbocycles. The fourth-order valence-electron chi connectivity index (χ4n) is 1.82. The Bertz CT molecular complexity index is 480. The molecule has 0 radical (unpaired) electrons. The fourth-order valence-corrected chi connectivity index (χ4v) is 2.93. The van der Waals surface area contributed by atoms with E-state index >= 15 is 0 Å². The summed E-state index contributed by atoms with van der Waals surface area (Å²) in [5.74, 6) is -0.0601. The molecule has 96 valence electrons. The van der Waals surface area contributed by atoms with E-state index in [1.807, 2.05) is 0 Å². The predicted octanol–water partition coefficient (Wildman–Crippen LogP) is 1.70. The number of para-hydroxylation sites is 1. The molecule has 0 bridgehead atoms. The van der Waals surface area contributed by atoms with Crippen LogP contribution in [0, 0.1) is 0 Å². The van der Waals surface area contributed by atoms with Crippen LogP contribution in [-0.4, -0.2) is 34.5 Å². The number of anilines is 1. The molecule has 1 heterocycles. The first-order chi connectivity index (χ1) is 8.65. The summed E-state index contributed by atoms with van der Waals surface area (Å²) in [6.45, 7) is -0.00523. The number of benzene rings is 1. The Balaban J connectivity index is 2.22. The van der Waals surface area contributed by atoms with Gasteiger partial charge in [-0.25, -0.2) is 4.90 Å². The Labute approximate surface area is 114 Å². The Hall–Kier alpha value is -1.04. The van der Waals surface area contributed by atoms with Crippen molar-refractivity contribution in [3.05, 3.63) is 29.3 Å². The average Bonchev–Trinajstić information content (AvgIpc) is 2.63. The molecule has 0 unspecified atom stereocenters. The lowest BCUT2D eigenvalue weighted by Gasteiger charge is -2.16. The first kappa shape index (κ1) is 13.4. The Kier molecular flexibility index (Phi) is 4.27. The van der Waals surface area contributed by atoms with Crippen molar-refractivity contribution in [2.24, 2.45) is 0 Å². The molecule has 2 amide bonds. The van der Waals surface area contributed by atoms with Crippen LogP contribution >= 0.6 is 23.4 Å². The van der Waals surface area contributed by atoms with Crippen molar-refractivity contribution in [1.82, 2.24) is 0 Å². The van der Waals surface area contributed by atoms with Crippen molar-refractivity contribution >= 4 is 40.9 Å². The summed E-state index contributed by atoms with van der Waals surface area (Å²) in [7, 11) is 0. The van der Waals surface area contributed by atoms with Crippen LogP contribution in [0.1, 0.15) is 6.42 Å². The van der Waals surface area contributed by atoms with E-state index in [1.54, 1.807) is 24.3 Å². The molecule has 0 aromatic heterocycles. The molecule has 1 fully saturated rings. The number of carbonyl (C=O) groups excluding carboxylic acids is 2. The number of hydrogen-bond acceptors (Lipinski definition) is 4. The van der Waals surface area contributed by atoms with Crippen LogP contribution in [0.3, 0.4) is 0 Å². The van der Waals surface area contributed by atoms with E-state index in [1.165, 1.54) is 11.8 Å². The standard InChI is InChI=1S/C12H12ClNO3S/c13-8-3-1-2-4-9(8)14-11(16)7-10(12(14)17)18-6-5-15/h1-4,10,15H,5-7H2/t10-/m0/s1. The first-order valence-corrected chi connectivity index (χ1v) is 6.91. The molecular formula is C12H12ClNO3S. The summed E-state index contributed by atoms with van der Waals surface area (Å²) >= 11 is 7.29. The Morgan fingerprint density at radius 1 is 1.39 bits per heavy atom. The van der Waals surface area contributed by atoms with Gasteiger partial charge in [0.1, 0.15) is 0 Å². The number of hydrogen-bond donors (Lipinski definition) is 1. The second kappa shape index (κ2) is 5.73. The lowest BCUT2D eigenvalue weighted by atomic mass is 10.3. The monoisotopic (exact) mass is 285 g/mol. The SMILES string of the molecule is O=C1C[C@H](SCCO)C(=O)N1c1ccccc1Cl. The van der Waals surface area contributed by atoms with Gasteiger partial charge in [0.05, 0.1) is 22.6 Å². The number of thioether (sulfide) groups is 1. The molecule has 0 spiro atoms. The highest BCUT2D eigenvalue weighted by molar-refractivity contribution is 8.00. The molecule has 0 saturated carbocycles. The number of amides is 2. The van der Waals surface area contributed by atoms with Crippen molar-refractivity contribution in [3.63, 3.8) is 0 Å². The van der Waals surface area contributed by atoms with Crippen molar-refractivity contribution in [1.29, 1.82) is 0 Å². The number of rotatable bonds is 4. The van der Waals surface area contributed by atoms with Crippen molar-refractivity contribution in [2.75, 3.05) is 17.3 Å². The van der Waals surface area contributed by atoms with Crippen LogP contribution < -0.4 is 4.90 Å². The van der Waals surface area contributed by atoms with Crippen LogP contribution in [0.15, 0.2) is 24.3 Å². The van der Waals surface area contributed by atoms with Gasteiger partial charge in [0.25, 0.3) is 0 Å². The second-order valence-corrected chi connectivity index (χ2v) is 5.52. The highest BCUT2D eigenvalue weighted by Crippen LogP contribution is 2.33. The topological polar surface area (TPSA) is 57.6 Å². The zero-order chi connectivity index (χ0) is 13.1. The molecule has 2 rings (SSSR count). The lowest BCUT2D eigenvalue weighted by molar-refractivity contribution is -0.121. The number of carbonyl (C=O) groups is 2. The van der Waals surface area contributed by atoms with Gasteiger partial charge in [-0.15, -0.1) is 11.8 Å². The molecule has 18 heavy (non-hydrogen) atoms. The summed E-state index contributed by atoms with van der Waals surface area (Å²) in [5.41, 5.74) is 0.432. The minimum absolute atomic E-state index is 0.00523. The van der Waals surface area contributed by atoms with Crippen LogP contribution in [0.25, 0.3) is 0 Å². The Morgan fingerprint density at radius 2 is 2.11 bits per heavy atom. The smallest absolute Gasteiger partial charge is 0.247 e. The van der Waals surface area contributed by atoms with Crippen LogP contribution in [0.2, 0.25) is 5.02 Å². The minimum atomic E-state index is -0.416. The van der Waals surface area contributed by atoms with Gasteiger partial charge < -0.3 is 5.11 Å². The van der Waals surface area contributed by atoms with E-state index in [-0.39, 0.29) is 24.8 Å². The number of halogens is 1. The molecule has 0 aliphatic carbocycles. The molecule has 1 aromatic rings. The predicted molar refractivity (Wildman–Crippen MR) is 71.9 cm³/mol. The van der Waals surface area contributed by atoms with Gasteiger partial charge in [-0.3, -0.25) is 9.59 Å². The number of nitrogens with zero attached hydrogens (tertiary/aromatic N) is 1. The molecule has 1 N–H and O–H groups in total. The third-order valence-electron chi connectivity index (χ3n) is 2.61. The van der Waals surface area contributed by atoms with E-state index in [2.05, 4.69) is 0 Å². The fraction of sp³-hybridized carbons (Fsp3) is 0.333. The number of aliphatic hydroxyl groups is 1. The summed E-state index contributed by atoms with van der Waals surface area (Å²) in [4.78, 5) is 25.1. The summed E-state index contributed by atoms with van der Waals surface area (Å²) in [6.07, 6.45) is 0.161. The average molecular weight is 286 g/mol. The van der Waals surface area contributed by atoms with E-state index in [4.69, 9.17) is 16.7 Å². The van der Waals surface area contributed by atoms with Crippen molar-refractivity contribution in [3.8, 4) is 0 Å². The van der Waals surface area contributed by atoms with E-state index in [0.717, 1.165) is 4.90 Å². The van der Waals surface area contributed by atoms with Crippen LogP contribution in [0.5, 0.6) is 0 Å². The van der Waals surface area contributed by atoms with Crippen LogP contribution in [0.4, 0.5) is 5.69 Å². The zero-order valence-electron chi connectivity index (χ0n) is 9.51. The molecular weight excluding hydrogens is 274 g/mol. The first-order valence-electron chi connectivity index (χ1n) is 5.49.